The predicted molar refractivity (Wildman–Crippen MR) is 104 cm³/mol. The molecule has 0 spiro atoms. The van der Waals surface area contributed by atoms with E-state index < -0.39 is 0 Å². The number of hydrogen-bond donors (Lipinski definition) is 2. The second kappa shape index (κ2) is 9.90. The van der Waals surface area contributed by atoms with Crippen molar-refractivity contribution < 1.29 is 9.53 Å². The fourth-order valence-electron chi connectivity index (χ4n) is 3.73. The maximum absolute atomic E-state index is 12.0. The maximum atomic E-state index is 12.0. The van der Waals surface area contributed by atoms with Crippen LogP contribution in [0, 0.1) is 0 Å². The van der Waals surface area contributed by atoms with Crippen molar-refractivity contribution in [2.24, 2.45) is 5.73 Å². The van der Waals surface area contributed by atoms with Gasteiger partial charge in [-0.2, -0.15) is 0 Å². The summed E-state index contributed by atoms with van der Waals surface area (Å²) < 4.78 is 5.62. The molecular formula is C20H32N4O2. The lowest BCUT2D eigenvalue weighted by atomic mass is 10.2. The Labute approximate surface area is 156 Å². The van der Waals surface area contributed by atoms with E-state index in [1.54, 1.807) is 0 Å². The van der Waals surface area contributed by atoms with Crippen LogP contribution >= 0.6 is 0 Å². The molecule has 144 valence electrons. The van der Waals surface area contributed by atoms with Crippen molar-refractivity contribution in [3.63, 3.8) is 0 Å². The molecule has 2 atom stereocenters. The molecule has 0 unspecified atom stereocenters. The summed E-state index contributed by atoms with van der Waals surface area (Å²) in [6.07, 6.45) is 3.57. The molecule has 0 bridgehead atoms. The third-order valence-corrected chi connectivity index (χ3v) is 5.36. The molecule has 2 saturated heterocycles. The lowest BCUT2D eigenvalue weighted by molar-refractivity contribution is -0.131. The van der Waals surface area contributed by atoms with Gasteiger partial charge in [-0.25, -0.2) is 0 Å². The third-order valence-electron chi connectivity index (χ3n) is 5.36. The molecule has 2 aliphatic rings. The molecule has 1 amide bonds. The molecule has 6 nitrogen and oxygen atoms in total. The molecule has 0 aliphatic carbocycles. The number of piperazine rings is 1. The van der Waals surface area contributed by atoms with Crippen LogP contribution in [0.4, 0.5) is 5.69 Å². The van der Waals surface area contributed by atoms with E-state index in [4.69, 9.17) is 10.5 Å². The first-order valence-corrected chi connectivity index (χ1v) is 9.92. The summed E-state index contributed by atoms with van der Waals surface area (Å²) in [7, 11) is 0. The van der Waals surface area contributed by atoms with Crippen LogP contribution in [0.25, 0.3) is 0 Å². The summed E-state index contributed by atoms with van der Waals surface area (Å²) >= 11 is 0. The second-order valence-corrected chi connectivity index (χ2v) is 7.22. The minimum absolute atomic E-state index is 0.0254. The highest BCUT2D eigenvalue weighted by atomic mass is 16.5. The molecule has 1 aromatic rings. The average Bonchev–Trinajstić information content (AvgIpc) is 3.18. The number of nitrogens with two attached hydrogens (primary N) is 1. The number of hydrogen-bond acceptors (Lipinski definition) is 5. The Balaban J connectivity index is 1.24. The number of amides is 1. The lowest BCUT2D eigenvalue weighted by Crippen LogP contribution is -2.46. The van der Waals surface area contributed by atoms with E-state index >= 15 is 0 Å². The fourth-order valence-corrected chi connectivity index (χ4v) is 3.73. The Hall–Kier alpha value is -1.63. The number of carbonyl (C=O) groups excluding carboxylic acids is 1. The first-order valence-electron chi connectivity index (χ1n) is 9.92. The summed E-state index contributed by atoms with van der Waals surface area (Å²) in [5, 5.41) is 3.00. The molecule has 2 fully saturated rings. The summed E-state index contributed by atoms with van der Waals surface area (Å²) in [5.41, 5.74) is 6.90. The molecule has 26 heavy (non-hydrogen) atoms. The molecule has 1 aromatic carbocycles. The molecule has 0 saturated carbocycles. The molecular weight excluding hydrogens is 328 g/mol. The highest BCUT2D eigenvalue weighted by Crippen LogP contribution is 2.19. The highest BCUT2D eigenvalue weighted by Gasteiger charge is 2.29. The largest absolute Gasteiger partial charge is 0.369 e. The van der Waals surface area contributed by atoms with Gasteiger partial charge in [-0.3, -0.25) is 9.69 Å². The van der Waals surface area contributed by atoms with Crippen LogP contribution in [-0.4, -0.2) is 68.8 Å². The van der Waals surface area contributed by atoms with Gasteiger partial charge in [0.05, 0.1) is 6.10 Å². The zero-order chi connectivity index (χ0) is 18.2. The van der Waals surface area contributed by atoms with Crippen molar-refractivity contribution in [1.82, 2.24) is 10.2 Å². The topological polar surface area (TPSA) is 70.8 Å². The smallest absolute Gasteiger partial charge is 0.249 e. The summed E-state index contributed by atoms with van der Waals surface area (Å²) in [4.78, 5) is 17.0. The van der Waals surface area contributed by atoms with Gasteiger partial charge < -0.3 is 20.7 Å². The average molecular weight is 361 g/mol. The van der Waals surface area contributed by atoms with Crippen LogP contribution in [0.15, 0.2) is 30.3 Å². The van der Waals surface area contributed by atoms with E-state index in [9.17, 15) is 4.79 Å². The summed E-state index contributed by atoms with van der Waals surface area (Å²) in [6, 6.07) is 10.6. The Morgan fingerprint density at radius 2 is 1.88 bits per heavy atom. The van der Waals surface area contributed by atoms with Crippen molar-refractivity contribution in [2.45, 2.75) is 37.9 Å². The van der Waals surface area contributed by atoms with E-state index in [0.29, 0.717) is 6.54 Å². The first kappa shape index (κ1) is 19.1. The zero-order valence-corrected chi connectivity index (χ0v) is 15.6. The number of rotatable bonds is 8. The number of nitrogens with zero attached hydrogens (tertiary/aromatic N) is 2. The quantitative estimate of drug-likeness (QED) is 0.682. The van der Waals surface area contributed by atoms with Crippen molar-refractivity contribution in [1.29, 1.82) is 0 Å². The van der Waals surface area contributed by atoms with E-state index in [0.717, 1.165) is 65.0 Å². The van der Waals surface area contributed by atoms with E-state index in [1.807, 2.05) is 0 Å². The van der Waals surface area contributed by atoms with Crippen LogP contribution < -0.4 is 16.0 Å². The maximum Gasteiger partial charge on any atom is 0.249 e. The Morgan fingerprint density at radius 1 is 1.12 bits per heavy atom. The molecule has 0 radical (unpaired) electrons. The summed E-state index contributed by atoms with van der Waals surface area (Å²) in [6.45, 7) is 6.73. The minimum atomic E-state index is -0.297. The standard InChI is InChI=1S/C20H32N4O2/c21-16-18-8-9-19(26-18)20(25)22-10-4-5-11-23-12-14-24(15-13-23)17-6-2-1-3-7-17/h1-3,6-7,18-19H,4-5,8-16,21H2,(H,22,25)/t18-,19+/m1/s1. The van der Waals surface area contributed by atoms with Gasteiger partial charge in [0.1, 0.15) is 6.10 Å². The van der Waals surface area contributed by atoms with Crippen molar-refractivity contribution in [3.05, 3.63) is 30.3 Å². The van der Waals surface area contributed by atoms with Crippen LogP contribution in [0.2, 0.25) is 0 Å². The van der Waals surface area contributed by atoms with E-state index in [2.05, 4.69) is 45.4 Å². The van der Waals surface area contributed by atoms with Crippen molar-refractivity contribution in [3.8, 4) is 0 Å². The van der Waals surface area contributed by atoms with Gasteiger partial charge in [-0.05, 0) is 44.4 Å². The molecule has 0 aromatic heterocycles. The van der Waals surface area contributed by atoms with Gasteiger partial charge in [-0.1, -0.05) is 18.2 Å². The highest BCUT2D eigenvalue weighted by molar-refractivity contribution is 5.80. The number of unbranched alkanes of at least 4 members (excludes halogenated alkanes) is 1. The normalized spacial score (nSPS) is 24.0. The van der Waals surface area contributed by atoms with Crippen molar-refractivity contribution >= 4 is 11.6 Å². The predicted octanol–water partition coefficient (Wildman–Crippen LogP) is 1.21. The lowest BCUT2D eigenvalue weighted by Gasteiger charge is -2.36. The third kappa shape index (κ3) is 5.43. The number of nitrogens with one attached hydrogen (secondary N) is 1. The molecule has 2 aliphatic heterocycles. The Bertz CT molecular complexity index is 546. The molecule has 3 N–H and O–H groups in total. The minimum Gasteiger partial charge on any atom is -0.369 e. The van der Waals surface area contributed by atoms with Crippen LogP contribution in [0.5, 0.6) is 0 Å². The van der Waals surface area contributed by atoms with Gasteiger partial charge in [-0.15, -0.1) is 0 Å². The van der Waals surface area contributed by atoms with Gasteiger partial charge in [0.2, 0.25) is 5.91 Å². The van der Waals surface area contributed by atoms with E-state index in [1.165, 1.54) is 5.69 Å². The second-order valence-electron chi connectivity index (χ2n) is 7.22. The van der Waals surface area contributed by atoms with Crippen molar-refractivity contribution in [2.75, 3.05) is 50.7 Å². The van der Waals surface area contributed by atoms with Gasteiger partial charge in [0.15, 0.2) is 0 Å². The number of para-hydroxylation sites is 1. The number of carbonyl (C=O) groups is 1. The molecule has 6 heteroatoms. The Morgan fingerprint density at radius 3 is 2.58 bits per heavy atom. The van der Waals surface area contributed by atoms with E-state index in [-0.39, 0.29) is 18.1 Å². The molecule has 2 heterocycles. The summed E-state index contributed by atoms with van der Waals surface area (Å²) in [5.74, 6) is 0.0254. The van der Waals surface area contributed by atoms with Gasteiger partial charge in [0.25, 0.3) is 0 Å². The number of anilines is 1. The number of benzene rings is 1. The SMILES string of the molecule is NC[C@H]1CC[C@@H](C(=O)NCCCCN2CCN(c3ccccc3)CC2)O1. The van der Waals surface area contributed by atoms with Crippen LogP contribution in [0.3, 0.4) is 0 Å². The first-order chi connectivity index (χ1) is 12.8. The number of ether oxygens (including phenoxy) is 1. The zero-order valence-electron chi connectivity index (χ0n) is 15.6. The van der Waals surface area contributed by atoms with Crippen LogP contribution in [0.1, 0.15) is 25.7 Å². The molecule has 3 rings (SSSR count). The fraction of sp³-hybridized carbons (Fsp3) is 0.650. The monoisotopic (exact) mass is 360 g/mol. The van der Waals surface area contributed by atoms with Gasteiger partial charge >= 0.3 is 0 Å². The van der Waals surface area contributed by atoms with Crippen LogP contribution in [-0.2, 0) is 9.53 Å². The van der Waals surface area contributed by atoms with Gasteiger partial charge in [0, 0.05) is 45.0 Å². The Kier molecular flexibility index (Phi) is 7.29.